The summed E-state index contributed by atoms with van der Waals surface area (Å²) in [5.74, 6) is -1.19. The first-order valence-corrected chi connectivity index (χ1v) is 7.07. The molecule has 0 radical (unpaired) electrons. The summed E-state index contributed by atoms with van der Waals surface area (Å²) < 4.78 is 0.968. The maximum atomic E-state index is 11.5. The van der Waals surface area contributed by atoms with E-state index < -0.39 is 18.0 Å². The van der Waals surface area contributed by atoms with Crippen LogP contribution in [0.4, 0.5) is 4.79 Å². The SMILES string of the molecule is CC(C)C(NC(=O)NCc1cc(Br)cs1)C(=O)O. The van der Waals surface area contributed by atoms with Gasteiger partial charge in [0.1, 0.15) is 6.04 Å². The zero-order valence-electron chi connectivity index (χ0n) is 10.1. The Hall–Kier alpha value is -1.08. The normalized spacial score (nSPS) is 12.2. The van der Waals surface area contributed by atoms with Crippen molar-refractivity contribution >= 4 is 39.3 Å². The van der Waals surface area contributed by atoms with Gasteiger partial charge in [0.15, 0.2) is 0 Å². The maximum Gasteiger partial charge on any atom is 0.326 e. The summed E-state index contributed by atoms with van der Waals surface area (Å²) in [5, 5.41) is 15.9. The van der Waals surface area contributed by atoms with Crippen LogP contribution in [0.3, 0.4) is 0 Å². The number of carboxylic acids is 1. The average Bonchev–Trinajstić information content (AvgIpc) is 2.68. The first-order valence-electron chi connectivity index (χ1n) is 5.40. The summed E-state index contributed by atoms with van der Waals surface area (Å²) in [5.41, 5.74) is 0. The number of carbonyl (C=O) groups excluding carboxylic acids is 1. The molecule has 1 rings (SSSR count). The van der Waals surface area contributed by atoms with Gasteiger partial charge in [-0.3, -0.25) is 0 Å². The van der Waals surface area contributed by atoms with Crippen molar-refractivity contribution in [3.8, 4) is 0 Å². The highest BCUT2D eigenvalue weighted by atomic mass is 79.9. The summed E-state index contributed by atoms with van der Waals surface area (Å²) in [6.45, 7) is 3.87. The monoisotopic (exact) mass is 334 g/mol. The molecule has 1 aromatic heterocycles. The molecule has 5 nitrogen and oxygen atoms in total. The fraction of sp³-hybridized carbons (Fsp3) is 0.455. The fourth-order valence-electron chi connectivity index (χ4n) is 1.32. The third-order valence-corrected chi connectivity index (χ3v) is 3.96. The van der Waals surface area contributed by atoms with E-state index in [4.69, 9.17) is 5.11 Å². The maximum absolute atomic E-state index is 11.5. The van der Waals surface area contributed by atoms with Crippen molar-refractivity contribution in [2.24, 2.45) is 5.92 Å². The first kappa shape index (κ1) is 15.0. The molecule has 0 bridgehead atoms. The Balaban J connectivity index is 2.43. The van der Waals surface area contributed by atoms with Gasteiger partial charge in [-0.25, -0.2) is 9.59 Å². The molecule has 3 N–H and O–H groups in total. The number of nitrogens with one attached hydrogen (secondary N) is 2. The summed E-state index contributed by atoms with van der Waals surface area (Å²) in [6, 6.07) is 0.558. The second kappa shape index (κ2) is 6.75. The largest absolute Gasteiger partial charge is 0.480 e. The number of rotatable bonds is 5. The van der Waals surface area contributed by atoms with E-state index in [1.54, 1.807) is 13.8 Å². The lowest BCUT2D eigenvalue weighted by Gasteiger charge is -2.18. The molecule has 0 aromatic carbocycles. The number of amides is 2. The van der Waals surface area contributed by atoms with E-state index in [9.17, 15) is 9.59 Å². The summed E-state index contributed by atoms with van der Waals surface area (Å²) >= 11 is 4.84. The number of urea groups is 1. The summed E-state index contributed by atoms with van der Waals surface area (Å²) in [7, 11) is 0. The van der Waals surface area contributed by atoms with Gasteiger partial charge in [-0.15, -0.1) is 11.3 Å². The van der Waals surface area contributed by atoms with Crippen LogP contribution in [0.5, 0.6) is 0 Å². The molecule has 0 saturated carbocycles. The number of thiophene rings is 1. The summed E-state index contributed by atoms with van der Waals surface area (Å²) in [6.07, 6.45) is 0. The molecular weight excluding hydrogens is 320 g/mol. The highest BCUT2D eigenvalue weighted by Crippen LogP contribution is 2.19. The highest BCUT2D eigenvalue weighted by Gasteiger charge is 2.23. The third-order valence-electron chi connectivity index (χ3n) is 2.26. The number of hydrogen-bond donors (Lipinski definition) is 3. The molecule has 2 amide bonds. The zero-order chi connectivity index (χ0) is 13.7. The Labute approximate surface area is 118 Å². The number of carboxylic acid groups (broad SMARTS) is 1. The van der Waals surface area contributed by atoms with Gasteiger partial charge in [-0.05, 0) is 27.9 Å². The van der Waals surface area contributed by atoms with Crippen LogP contribution in [-0.2, 0) is 11.3 Å². The van der Waals surface area contributed by atoms with Crippen LogP contribution in [0.2, 0.25) is 0 Å². The second-order valence-corrected chi connectivity index (χ2v) is 6.03. The van der Waals surface area contributed by atoms with Crippen molar-refractivity contribution in [2.45, 2.75) is 26.4 Å². The van der Waals surface area contributed by atoms with Crippen LogP contribution in [-0.4, -0.2) is 23.1 Å². The molecule has 0 aliphatic rings. The van der Waals surface area contributed by atoms with Crippen molar-refractivity contribution in [3.63, 3.8) is 0 Å². The van der Waals surface area contributed by atoms with Crippen molar-refractivity contribution < 1.29 is 14.7 Å². The molecule has 100 valence electrons. The van der Waals surface area contributed by atoms with Crippen molar-refractivity contribution in [1.82, 2.24) is 10.6 Å². The van der Waals surface area contributed by atoms with Crippen LogP contribution >= 0.6 is 27.3 Å². The second-order valence-electron chi connectivity index (χ2n) is 4.12. The van der Waals surface area contributed by atoms with Crippen LogP contribution < -0.4 is 10.6 Å². The van der Waals surface area contributed by atoms with E-state index in [1.807, 2.05) is 11.4 Å². The van der Waals surface area contributed by atoms with E-state index in [2.05, 4.69) is 26.6 Å². The van der Waals surface area contributed by atoms with Gasteiger partial charge in [-0.2, -0.15) is 0 Å². The van der Waals surface area contributed by atoms with E-state index in [-0.39, 0.29) is 5.92 Å². The molecule has 0 saturated heterocycles. The van der Waals surface area contributed by atoms with Gasteiger partial charge in [-0.1, -0.05) is 13.8 Å². The van der Waals surface area contributed by atoms with Gasteiger partial charge in [0.2, 0.25) is 0 Å². The van der Waals surface area contributed by atoms with Crippen LogP contribution in [0.25, 0.3) is 0 Å². The Morgan fingerprint density at radius 3 is 2.61 bits per heavy atom. The Morgan fingerprint density at radius 1 is 1.50 bits per heavy atom. The van der Waals surface area contributed by atoms with Crippen LogP contribution in [0.15, 0.2) is 15.9 Å². The highest BCUT2D eigenvalue weighted by molar-refractivity contribution is 9.10. The fourth-order valence-corrected chi connectivity index (χ4v) is 2.71. The molecule has 1 heterocycles. The molecular formula is C11H15BrN2O3S. The van der Waals surface area contributed by atoms with E-state index in [1.165, 1.54) is 11.3 Å². The molecule has 0 fully saturated rings. The smallest absolute Gasteiger partial charge is 0.326 e. The zero-order valence-corrected chi connectivity index (χ0v) is 12.5. The van der Waals surface area contributed by atoms with Crippen LogP contribution in [0, 0.1) is 5.92 Å². The van der Waals surface area contributed by atoms with Crippen LogP contribution in [0.1, 0.15) is 18.7 Å². The molecule has 1 unspecified atom stereocenters. The predicted molar refractivity (Wildman–Crippen MR) is 73.7 cm³/mol. The molecule has 18 heavy (non-hydrogen) atoms. The molecule has 1 atom stereocenters. The minimum atomic E-state index is -1.03. The standard InChI is InChI=1S/C11H15BrN2O3S/c1-6(2)9(10(15)16)14-11(17)13-4-8-3-7(12)5-18-8/h3,5-6,9H,4H2,1-2H3,(H,15,16)(H2,13,14,17). The molecule has 0 aliphatic carbocycles. The van der Waals surface area contributed by atoms with Crippen molar-refractivity contribution in [3.05, 3.63) is 20.8 Å². The minimum Gasteiger partial charge on any atom is -0.480 e. The van der Waals surface area contributed by atoms with Gasteiger partial charge in [0, 0.05) is 14.7 Å². The van der Waals surface area contributed by atoms with E-state index in [0.29, 0.717) is 6.54 Å². The van der Waals surface area contributed by atoms with Crippen molar-refractivity contribution in [1.29, 1.82) is 0 Å². The molecule has 7 heteroatoms. The molecule has 0 spiro atoms. The molecule has 0 aliphatic heterocycles. The Bertz CT molecular complexity index is 434. The number of hydrogen-bond acceptors (Lipinski definition) is 3. The number of halogens is 1. The Kier molecular flexibility index (Phi) is 5.61. The van der Waals surface area contributed by atoms with Crippen molar-refractivity contribution in [2.75, 3.05) is 0 Å². The lowest BCUT2D eigenvalue weighted by atomic mass is 10.1. The van der Waals surface area contributed by atoms with Gasteiger partial charge in [0.05, 0.1) is 6.54 Å². The lowest BCUT2D eigenvalue weighted by molar-refractivity contribution is -0.140. The first-order chi connectivity index (χ1) is 8.40. The number of carbonyl (C=O) groups is 2. The van der Waals surface area contributed by atoms with Gasteiger partial charge >= 0.3 is 12.0 Å². The van der Waals surface area contributed by atoms with Gasteiger partial charge < -0.3 is 15.7 Å². The Morgan fingerprint density at radius 2 is 2.17 bits per heavy atom. The quantitative estimate of drug-likeness (QED) is 0.773. The number of aliphatic carboxylic acids is 1. The third kappa shape index (κ3) is 4.66. The van der Waals surface area contributed by atoms with Gasteiger partial charge in [0.25, 0.3) is 0 Å². The average molecular weight is 335 g/mol. The minimum absolute atomic E-state index is 0.163. The lowest BCUT2D eigenvalue weighted by Crippen LogP contribution is -2.48. The summed E-state index contributed by atoms with van der Waals surface area (Å²) in [4.78, 5) is 23.5. The predicted octanol–water partition coefficient (Wildman–Crippen LogP) is 2.42. The van der Waals surface area contributed by atoms with E-state index in [0.717, 1.165) is 9.35 Å². The van der Waals surface area contributed by atoms with E-state index >= 15 is 0 Å². The topological polar surface area (TPSA) is 78.4 Å². The molecule has 1 aromatic rings.